The topological polar surface area (TPSA) is 89.1 Å². The van der Waals surface area contributed by atoms with Crippen molar-refractivity contribution in [1.82, 2.24) is 9.29 Å². The molecule has 0 bridgehead atoms. The van der Waals surface area contributed by atoms with Crippen molar-refractivity contribution >= 4 is 38.9 Å². The molecule has 0 saturated carbocycles. The minimum atomic E-state index is -4.15. The SMILES string of the molecule is CC(C)[n+]1ccn(C2=C(NS(=O)(=O)c3ccc(Cl)cc3)C(=O)c3ccccc3C2=O)c1. The van der Waals surface area contributed by atoms with E-state index < -0.39 is 21.6 Å². The number of Topliss-reactive ketones (excluding diaryl/α,β-unsaturated/α-hetero) is 2. The van der Waals surface area contributed by atoms with Gasteiger partial charge in [-0.1, -0.05) is 35.9 Å². The quantitative estimate of drug-likeness (QED) is 0.597. The van der Waals surface area contributed by atoms with Crippen LogP contribution in [-0.2, 0) is 10.0 Å². The Kier molecular flexibility index (Phi) is 5.28. The molecular formula is C22H19ClN3O4S+. The van der Waals surface area contributed by atoms with Gasteiger partial charge in [0.2, 0.25) is 23.6 Å². The molecule has 1 N–H and O–H groups in total. The van der Waals surface area contributed by atoms with Crippen molar-refractivity contribution in [3.8, 4) is 0 Å². The summed E-state index contributed by atoms with van der Waals surface area (Å²) in [4.78, 5) is 26.5. The third-order valence-corrected chi connectivity index (χ3v) is 6.58. The molecule has 1 aliphatic carbocycles. The number of aromatic nitrogens is 2. The van der Waals surface area contributed by atoms with Gasteiger partial charge in [-0.3, -0.25) is 14.3 Å². The molecule has 1 heterocycles. The van der Waals surface area contributed by atoms with E-state index in [4.69, 9.17) is 11.6 Å². The van der Waals surface area contributed by atoms with Crippen LogP contribution in [0.15, 0.2) is 77.8 Å². The molecule has 31 heavy (non-hydrogen) atoms. The van der Waals surface area contributed by atoms with Gasteiger partial charge in [-0.05, 0) is 38.1 Å². The Hall–Kier alpha value is -3.23. The summed E-state index contributed by atoms with van der Waals surface area (Å²) < 4.78 is 31.7. The Balaban J connectivity index is 1.89. The minimum absolute atomic E-state index is 0.0550. The van der Waals surface area contributed by atoms with Crippen molar-refractivity contribution < 1.29 is 22.6 Å². The number of hydrogen-bond acceptors (Lipinski definition) is 4. The Labute approximate surface area is 184 Å². The molecule has 158 valence electrons. The van der Waals surface area contributed by atoms with Crippen LogP contribution in [0.25, 0.3) is 5.70 Å². The van der Waals surface area contributed by atoms with Crippen LogP contribution in [-0.4, -0.2) is 24.6 Å². The maximum absolute atomic E-state index is 13.3. The number of fused-ring (bicyclic) bond motifs is 1. The van der Waals surface area contributed by atoms with Crippen LogP contribution in [0, 0.1) is 0 Å². The van der Waals surface area contributed by atoms with Crippen molar-refractivity contribution in [3.05, 3.63) is 89.1 Å². The van der Waals surface area contributed by atoms with Gasteiger partial charge in [-0.15, -0.1) is 0 Å². The predicted molar refractivity (Wildman–Crippen MR) is 115 cm³/mol. The van der Waals surface area contributed by atoms with Crippen LogP contribution >= 0.6 is 11.6 Å². The van der Waals surface area contributed by atoms with Gasteiger partial charge in [0, 0.05) is 16.1 Å². The number of ketones is 2. The number of rotatable bonds is 5. The number of carbonyl (C=O) groups excluding carboxylic acids is 2. The van der Waals surface area contributed by atoms with E-state index >= 15 is 0 Å². The largest absolute Gasteiger partial charge is 0.287 e. The summed E-state index contributed by atoms with van der Waals surface area (Å²) in [5.41, 5.74) is 0.0153. The summed E-state index contributed by atoms with van der Waals surface area (Å²) in [6.07, 6.45) is 5.02. The van der Waals surface area contributed by atoms with Gasteiger partial charge in [0.1, 0.15) is 18.1 Å². The first-order chi connectivity index (χ1) is 14.7. The third kappa shape index (κ3) is 3.80. The van der Waals surface area contributed by atoms with Crippen molar-refractivity contribution in [2.24, 2.45) is 0 Å². The van der Waals surface area contributed by atoms with Crippen molar-refractivity contribution in [3.63, 3.8) is 0 Å². The second-order valence-corrected chi connectivity index (χ2v) is 9.47. The molecule has 2 aromatic carbocycles. The number of sulfonamides is 1. The number of imidazole rings is 1. The van der Waals surface area contributed by atoms with Crippen LogP contribution in [0.1, 0.15) is 40.6 Å². The molecule has 0 fully saturated rings. The van der Waals surface area contributed by atoms with Crippen LogP contribution in [0.4, 0.5) is 0 Å². The number of nitrogens with zero attached hydrogens (tertiary/aromatic N) is 2. The van der Waals surface area contributed by atoms with E-state index in [9.17, 15) is 18.0 Å². The smallest absolute Gasteiger partial charge is 0.262 e. The van der Waals surface area contributed by atoms with Gasteiger partial charge in [-0.2, -0.15) is 4.57 Å². The molecule has 3 aromatic rings. The lowest BCUT2D eigenvalue weighted by Crippen LogP contribution is -2.36. The molecule has 0 unspecified atom stereocenters. The highest BCUT2D eigenvalue weighted by Crippen LogP contribution is 2.29. The number of hydrogen-bond donors (Lipinski definition) is 1. The fraction of sp³-hybridized carbons (Fsp3) is 0.136. The van der Waals surface area contributed by atoms with Crippen molar-refractivity contribution in [2.45, 2.75) is 24.8 Å². The van der Waals surface area contributed by atoms with Gasteiger partial charge >= 0.3 is 0 Å². The fourth-order valence-corrected chi connectivity index (χ4v) is 4.51. The summed E-state index contributed by atoms with van der Waals surface area (Å²) in [5, 5.41) is 0.377. The highest BCUT2D eigenvalue weighted by Gasteiger charge is 2.38. The molecule has 0 atom stereocenters. The number of carbonyl (C=O) groups is 2. The van der Waals surface area contributed by atoms with Crippen molar-refractivity contribution in [1.29, 1.82) is 0 Å². The monoisotopic (exact) mass is 456 g/mol. The number of benzene rings is 2. The molecule has 9 heteroatoms. The maximum atomic E-state index is 13.3. The molecular weight excluding hydrogens is 438 g/mol. The minimum Gasteiger partial charge on any atom is -0.287 e. The summed E-state index contributed by atoms with van der Waals surface area (Å²) >= 11 is 5.85. The zero-order valence-corrected chi connectivity index (χ0v) is 18.3. The highest BCUT2D eigenvalue weighted by molar-refractivity contribution is 7.89. The third-order valence-electron chi connectivity index (χ3n) is 4.97. The Morgan fingerprint density at radius 2 is 1.58 bits per heavy atom. The normalized spacial score (nSPS) is 14.2. The number of nitrogens with one attached hydrogen (secondary N) is 1. The zero-order chi connectivity index (χ0) is 22.3. The molecule has 1 aromatic heterocycles. The van der Waals surface area contributed by atoms with E-state index in [1.165, 1.54) is 34.9 Å². The average molecular weight is 457 g/mol. The first kappa shape index (κ1) is 21.0. The van der Waals surface area contributed by atoms with Gasteiger partial charge in [0.05, 0.1) is 10.9 Å². The molecule has 0 amide bonds. The van der Waals surface area contributed by atoms with E-state index in [-0.39, 0.29) is 33.5 Å². The molecule has 0 radical (unpaired) electrons. The summed E-state index contributed by atoms with van der Waals surface area (Å²) in [6.45, 7) is 3.93. The van der Waals surface area contributed by atoms with Crippen molar-refractivity contribution in [2.75, 3.05) is 0 Å². The summed E-state index contributed by atoms with van der Waals surface area (Å²) in [6, 6.07) is 12.0. The predicted octanol–water partition coefficient (Wildman–Crippen LogP) is 3.24. The van der Waals surface area contributed by atoms with Crippen LogP contribution in [0.3, 0.4) is 0 Å². The first-order valence-corrected chi connectivity index (χ1v) is 11.4. The highest BCUT2D eigenvalue weighted by atomic mass is 35.5. The van der Waals surface area contributed by atoms with E-state index in [0.29, 0.717) is 5.02 Å². The fourth-order valence-electron chi connectivity index (χ4n) is 3.32. The molecule has 1 aliphatic rings. The maximum Gasteiger partial charge on any atom is 0.262 e. The Morgan fingerprint density at radius 3 is 2.16 bits per heavy atom. The molecule has 4 rings (SSSR count). The first-order valence-electron chi connectivity index (χ1n) is 9.49. The van der Waals surface area contributed by atoms with Crippen LogP contribution < -0.4 is 9.29 Å². The van der Waals surface area contributed by atoms with Crippen LogP contribution in [0.5, 0.6) is 0 Å². The molecule has 0 aliphatic heterocycles. The van der Waals surface area contributed by atoms with E-state index in [2.05, 4.69) is 4.72 Å². The molecule has 0 spiro atoms. The van der Waals surface area contributed by atoms with E-state index in [1.54, 1.807) is 36.9 Å². The molecule has 7 nitrogen and oxygen atoms in total. The van der Waals surface area contributed by atoms with E-state index in [1.807, 2.05) is 18.4 Å². The molecule has 0 saturated heterocycles. The lowest BCUT2D eigenvalue weighted by Gasteiger charge is -2.19. The van der Waals surface area contributed by atoms with Crippen LogP contribution in [0.2, 0.25) is 5.02 Å². The van der Waals surface area contributed by atoms with E-state index in [0.717, 1.165) is 0 Å². The lowest BCUT2D eigenvalue weighted by atomic mass is 9.90. The van der Waals surface area contributed by atoms with Gasteiger partial charge in [0.25, 0.3) is 10.0 Å². The van der Waals surface area contributed by atoms with Gasteiger partial charge in [0.15, 0.2) is 0 Å². The van der Waals surface area contributed by atoms with Gasteiger partial charge in [-0.25, -0.2) is 13.0 Å². The van der Waals surface area contributed by atoms with Gasteiger partial charge < -0.3 is 0 Å². The second-order valence-electron chi connectivity index (χ2n) is 7.35. The number of allylic oxidation sites excluding steroid dienone is 2. The Bertz CT molecular complexity index is 1340. The zero-order valence-electron chi connectivity index (χ0n) is 16.7. The number of halogens is 1. The lowest BCUT2D eigenvalue weighted by molar-refractivity contribution is -0.715. The Morgan fingerprint density at radius 1 is 0.968 bits per heavy atom. The second kappa shape index (κ2) is 7.79. The summed E-state index contributed by atoms with van der Waals surface area (Å²) in [5.74, 6) is -1.02. The standard InChI is InChI=1S/C22H18ClN3O4S/c1-14(2)25-11-12-26(13-25)20-19(21(27)17-5-3-4-6-18(17)22(20)28)24-31(29,30)16-9-7-15(23)8-10-16/h3-14H,1-2H3/p+1. The average Bonchev–Trinajstić information content (AvgIpc) is 3.22. The summed E-state index contributed by atoms with van der Waals surface area (Å²) in [7, 11) is -4.15.